The molecule has 0 spiro atoms. The summed E-state index contributed by atoms with van der Waals surface area (Å²) in [6, 6.07) is -1.10. The number of carbonyl (C=O) groups excluding carboxylic acids is 1. The first-order chi connectivity index (χ1) is 6.61. The highest BCUT2D eigenvalue weighted by atomic mass is 16.7. The second-order valence-electron chi connectivity index (χ2n) is 3.00. The van der Waals surface area contributed by atoms with Gasteiger partial charge in [0.05, 0.1) is 13.7 Å². The van der Waals surface area contributed by atoms with E-state index in [1.165, 1.54) is 17.1 Å². The van der Waals surface area contributed by atoms with Gasteiger partial charge in [-0.05, 0) is 13.3 Å². The first kappa shape index (κ1) is 10.8. The van der Waals surface area contributed by atoms with Gasteiger partial charge in [0.1, 0.15) is 6.04 Å². The smallest absolute Gasteiger partial charge is 0.344 e. The number of carbonyl (C=O) groups is 2. The molecule has 1 N–H and O–H groups in total. The number of hydroxylamine groups is 2. The average Bonchev–Trinajstić information content (AvgIpc) is 2.17. The predicted octanol–water partition coefficient (Wildman–Crippen LogP) is 0.149. The van der Waals surface area contributed by atoms with Crippen molar-refractivity contribution in [1.82, 2.24) is 9.96 Å². The lowest BCUT2D eigenvalue weighted by atomic mass is 10.1. The van der Waals surface area contributed by atoms with E-state index in [0.717, 1.165) is 0 Å². The third-order valence-corrected chi connectivity index (χ3v) is 2.29. The Balaban J connectivity index is 2.77. The maximum atomic E-state index is 11.6. The van der Waals surface area contributed by atoms with Gasteiger partial charge in [-0.25, -0.2) is 14.7 Å². The summed E-state index contributed by atoms with van der Waals surface area (Å²) in [4.78, 5) is 28.5. The fourth-order valence-electron chi connectivity index (χ4n) is 1.55. The van der Waals surface area contributed by atoms with Crippen LogP contribution in [0.3, 0.4) is 0 Å². The summed E-state index contributed by atoms with van der Waals surface area (Å²) in [7, 11) is 1.40. The Hall–Kier alpha value is -1.30. The Kier molecular flexibility index (Phi) is 3.29. The van der Waals surface area contributed by atoms with E-state index in [1.807, 2.05) is 0 Å². The summed E-state index contributed by atoms with van der Waals surface area (Å²) >= 11 is 0. The number of carboxylic acids is 1. The molecule has 6 heteroatoms. The maximum absolute atomic E-state index is 11.6. The number of nitrogens with zero attached hydrogens (tertiary/aromatic N) is 2. The minimum Gasteiger partial charge on any atom is -0.480 e. The van der Waals surface area contributed by atoms with Gasteiger partial charge in [-0.3, -0.25) is 4.84 Å². The molecule has 1 aliphatic rings. The Bertz CT molecular complexity index is 243. The molecule has 14 heavy (non-hydrogen) atoms. The van der Waals surface area contributed by atoms with E-state index < -0.39 is 12.0 Å². The Morgan fingerprint density at radius 1 is 1.71 bits per heavy atom. The molecule has 0 aromatic rings. The number of hydrogen-bond acceptors (Lipinski definition) is 3. The maximum Gasteiger partial charge on any atom is 0.344 e. The highest BCUT2D eigenvalue weighted by Crippen LogP contribution is 2.15. The van der Waals surface area contributed by atoms with Crippen molar-refractivity contribution in [3.63, 3.8) is 0 Å². The van der Waals surface area contributed by atoms with E-state index >= 15 is 0 Å². The van der Waals surface area contributed by atoms with Crippen molar-refractivity contribution in [1.29, 1.82) is 0 Å². The zero-order valence-corrected chi connectivity index (χ0v) is 8.27. The standard InChI is InChI=1S/C8H14N2O4/c1-3-9-6(7(11)12)4-5-10(14-2)8(9)13/h6H,3-5H2,1-2H3,(H,11,12). The molecule has 6 nitrogen and oxygen atoms in total. The second kappa shape index (κ2) is 4.28. The highest BCUT2D eigenvalue weighted by molar-refractivity contribution is 5.83. The molecule has 0 bridgehead atoms. The topological polar surface area (TPSA) is 70.1 Å². The molecular formula is C8H14N2O4. The van der Waals surface area contributed by atoms with Gasteiger partial charge in [0.15, 0.2) is 0 Å². The van der Waals surface area contributed by atoms with E-state index in [4.69, 9.17) is 9.94 Å². The number of rotatable bonds is 3. The van der Waals surface area contributed by atoms with E-state index in [9.17, 15) is 9.59 Å². The minimum atomic E-state index is -0.962. The number of aliphatic carboxylic acids is 1. The van der Waals surface area contributed by atoms with Gasteiger partial charge in [0, 0.05) is 6.54 Å². The van der Waals surface area contributed by atoms with Crippen LogP contribution in [0.15, 0.2) is 0 Å². The van der Waals surface area contributed by atoms with Gasteiger partial charge >= 0.3 is 12.0 Å². The molecule has 1 atom stereocenters. The Morgan fingerprint density at radius 2 is 2.36 bits per heavy atom. The molecule has 0 aliphatic carbocycles. The van der Waals surface area contributed by atoms with Crippen LogP contribution in [0, 0.1) is 0 Å². The first-order valence-electron chi connectivity index (χ1n) is 4.46. The summed E-state index contributed by atoms with van der Waals surface area (Å²) in [5, 5.41) is 10.0. The van der Waals surface area contributed by atoms with Crippen LogP contribution in [0.1, 0.15) is 13.3 Å². The number of likely N-dealkylation sites (N-methyl/N-ethyl adjacent to an activating group) is 1. The van der Waals surface area contributed by atoms with E-state index in [2.05, 4.69) is 0 Å². The van der Waals surface area contributed by atoms with Crippen LogP contribution >= 0.6 is 0 Å². The van der Waals surface area contributed by atoms with Crippen molar-refractivity contribution < 1.29 is 19.5 Å². The summed E-state index contributed by atoms with van der Waals surface area (Å²) in [5.74, 6) is -0.962. The molecule has 1 fully saturated rings. The number of amides is 2. The van der Waals surface area contributed by atoms with Crippen molar-refractivity contribution in [2.45, 2.75) is 19.4 Å². The monoisotopic (exact) mass is 202 g/mol. The predicted molar refractivity (Wildman–Crippen MR) is 47.5 cm³/mol. The molecule has 1 unspecified atom stereocenters. The molecule has 80 valence electrons. The quantitative estimate of drug-likeness (QED) is 0.707. The lowest BCUT2D eigenvalue weighted by Crippen LogP contribution is -2.56. The third kappa shape index (κ3) is 1.79. The molecule has 1 rings (SSSR count). The lowest BCUT2D eigenvalue weighted by Gasteiger charge is -2.37. The molecule has 2 amide bonds. The van der Waals surface area contributed by atoms with Gasteiger partial charge in [0.25, 0.3) is 0 Å². The van der Waals surface area contributed by atoms with E-state index in [-0.39, 0.29) is 6.03 Å². The lowest BCUT2D eigenvalue weighted by molar-refractivity contribution is -0.151. The van der Waals surface area contributed by atoms with Crippen molar-refractivity contribution >= 4 is 12.0 Å². The summed E-state index contributed by atoms with van der Waals surface area (Å²) in [6.45, 7) is 2.44. The fraction of sp³-hybridized carbons (Fsp3) is 0.750. The molecule has 0 aromatic carbocycles. The van der Waals surface area contributed by atoms with Gasteiger partial charge in [-0.15, -0.1) is 0 Å². The van der Waals surface area contributed by atoms with Crippen molar-refractivity contribution in [2.24, 2.45) is 0 Å². The Labute approximate surface area is 82.0 Å². The normalized spacial score (nSPS) is 22.7. The SMILES string of the molecule is CCN1C(=O)N(OC)CCC1C(=O)O. The van der Waals surface area contributed by atoms with E-state index in [1.54, 1.807) is 6.92 Å². The molecule has 0 saturated carbocycles. The van der Waals surface area contributed by atoms with Gasteiger partial charge in [-0.2, -0.15) is 0 Å². The second-order valence-corrected chi connectivity index (χ2v) is 3.00. The molecule has 1 saturated heterocycles. The van der Waals surface area contributed by atoms with Crippen LogP contribution in [-0.2, 0) is 9.63 Å². The summed E-state index contributed by atoms with van der Waals surface area (Å²) < 4.78 is 0. The number of carboxylic acid groups (broad SMARTS) is 1. The molecule has 0 aromatic heterocycles. The van der Waals surface area contributed by atoms with Crippen LogP contribution in [0.2, 0.25) is 0 Å². The van der Waals surface area contributed by atoms with Crippen LogP contribution < -0.4 is 0 Å². The molecule has 0 radical (unpaired) electrons. The van der Waals surface area contributed by atoms with Crippen LogP contribution in [0.25, 0.3) is 0 Å². The van der Waals surface area contributed by atoms with Crippen LogP contribution in [0.5, 0.6) is 0 Å². The number of urea groups is 1. The van der Waals surface area contributed by atoms with Crippen molar-refractivity contribution in [3.05, 3.63) is 0 Å². The van der Waals surface area contributed by atoms with Crippen LogP contribution in [0.4, 0.5) is 4.79 Å². The minimum absolute atomic E-state index is 0.322. The van der Waals surface area contributed by atoms with Crippen LogP contribution in [-0.4, -0.2) is 53.3 Å². The highest BCUT2D eigenvalue weighted by Gasteiger charge is 2.36. The third-order valence-electron chi connectivity index (χ3n) is 2.29. The van der Waals surface area contributed by atoms with Gasteiger partial charge in [0.2, 0.25) is 0 Å². The van der Waals surface area contributed by atoms with E-state index in [0.29, 0.717) is 19.5 Å². The van der Waals surface area contributed by atoms with Gasteiger partial charge < -0.3 is 10.0 Å². The molecule has 1 aliphatic heterocycles. The number of hydrogen-bond donors (Lipinski definition) is 1. The van der Waals surface area contributed by atoms with Crippen molar-refractivity contribution in [2.75, 3.05) is 20.2 Å². The average molecular weight is 202 g/mol. The summed E-state index contributed by atoms with van der Waals surface area (Å²) in [6.07, 6.45) is 0.392. The van der Waals surface area contributed by atoms with Crippen molar-refractivity contribution in [3.8, 4) is 0 Å². The Morgan fingerprint density at radius 3 is 2.79 bits per heavy atom. The zero-order valence-electron chi connectivity index (χ0n) is 8.27. The largest absolute Gasteiger partial charge is 0.480 e. The summed E-state index contributed by atoms with van der Waals surface area (Å²) in [5.41, 5.74) is 0. The molecular weight excluding hydrogens is 188 g/mol. The zero-order chi connectivity index (χ0) is 10.7. The first-order valence-corrected chi connectivity index (χ1v) is 4.46. The molecule has 1 heterocycles. The fourth-order valence-corrected chi connectivity index (χ4v) is 1.55. The van der Waals surface area contributed by atoms with Gasteiger partial charge in [-0.1, -0.05) is 0 Å².